The van der Waals surface area contributed by atoms with Crippen LogP contribution >= 0.6 is 0 Å². The van der Waals surface area contributed by atoms with Crippen LogP contribution in [0.2, 0.25) is 0 Å². The van der Waals surface area contributed by atoms with Crippen molar-refractivity contribution in [1.82, 2.24) is 9.97 Å². The average Bonchev–Trinajstić information content (AvgIpc) is 2.20. The number of nitrogens with one attached hydrogen (secondary N) is 1. The quantitative estimate of drug-likeness (QED) is 0.890. The minimum atomic E-state index is -4.37. The zero-order chi connectivity index (χ0) is 13.1. The van der Waals surface area contributed by atoms with E-state index in [0.717, 1.165) is 0 Å². The van der Waals surface area contributed by atoms with Crippen LogP contribution in [0.5, 0.6) is 5.88 Å². The number of nitrogens with zero attached hydrogens (tertiary/aromatic N) is 2. The first-order chi connectivity index (χ1) is 7.83. The number of aryl methyl sites for hydroxylation is 1. The summed E-state index contributed by atoms with van der Waals surface area (Å²) in [5.74, 6) is 0.826. The number of rotatable bonds is 4. The standard InChI is InChI=1S/C10H14F3N3O/c1-4-14-8-6(2)9(16-7(3)15-8)17-5-10(11,12)13/h4-5H2,1-3H3,(H,14,15,16). The van der Waals surface area contributed by atoms with Crippen molar-refractivity contribution in [3.05, 3.63) is 11.4 Å². The van der Waals surface area contributed by atoms with Crippen LogP contribution in [0.4, 0.5) is 19.0 Å². The minimum absolute atomic E-state index is 0.0363. The zero-order valence-electron chi connectivity index (χ0n) is 9.85. The fourth-order valence-electron chi connectivity index (χ4n) is 1.23. The lowest BCUT2D eigenvalue weighted by Gasteiger charge is -2.13. The van der Waals surface area contributed by atoms with E-state index in [1.54, 1.807) is 13.8 Å². The second-order valence-corrected chi connectivity index (χ2v) is 3.48. The molecule has 4 nitrogen and oxygen atoms in total. The second kappa shape index (κ2) is 5.20. The molecule has 7 heteroatoms. The van der Waals surface area contributed by atoms with Crippen LogP contribution in [-0.4, -0.2) is 29.3 Å². The predicted octanol–water partition coefficient (Wildman–Crippen LogP) is 2.47. The van der Waals surface area contributed by atoms with E-state index in [1.165, 1.54) is 0 Å². The van der Waals surface area contributed by atoms with Crippen LogP contribution in [0.1, 0.15) is 18.3 Å². The van der Waals surface area contributed by atoms with Crippen molar-refractivity contribution >= 4 is 5.82 Å². The van der Waals surface area contributed by atoms with E-state index in [2.05, 4.69) is 20.0 Å². The van der Waals surface area contributed by atoms with Crippen molar-refractivity contribution < 1.29 is 17.9 Å². The molecule has 17 heavy (non-hydrogen) atoms. The summed E-state index contributed by atoms with van der Waals surface area (Å²) in [6, 6.07) is 0. The number of aromatic nitrogens is 2. The lowest BCUT2D eigenvalue weighted by molar-refractivity contribution is -0.154. The van der Waals surface area contributed by atoms with Crippen LogP contribution < -0.4 is 10.1 Å². The van der Waals surface area contributed by atoms with Crippen LogP contribution in [0.3, 0.4) is 0 Å². The Morgan fingerprint density at radius 1 is 1.24 bits per heavy atom. The van der Waals surface area contributed by atoms with E-state index in [0.29, 0.717) is 23.8 Å². The van der Waals surface area contributed by atoms with E-state index < -0.39 is 12.8 Å². The molecule has 0 saturated heterocycles. The van der Waals surface area contributed by atoms with E-state index in [9.17, 15) is 13.2 Å². The molecule has 0 aliphatic carbocycles. The van der Waals surface area contributed by atoms with Gasteiger partial charge in [0.2, 0.25) is 5.88 Å². The summed E-state index contributed by atoms with van der Waals surface area (Å²) in [5.41, 5.74) is 0.474. The highest BCUT2D eigenvalue weighted by Crippen LogP contribution is 2.24. The van der Waals surface area contributed by atoms with E-state index in [-0.39, 0.29) is 5.88 Å². The molecule has 0 spiro atoms. The molecule has 0 unspecified atom stereocenters. The number of hydrogen-bond donors (Lipinski definition) is 1. The predicted molar refractivity (Wildman–Crippen MR) is 57.2 cm³/mol. The first-order valence-corrected chi connectivity index (χ1v) is 5.12. The summed E-state index contributed by atoms with van der Waals surface area (Å²) >= 11 is 0. The molecule has 0 radical (unpaired) electrons. The maximum atomic E-state index is 12.0. The first kappa shape index (κ1) is 13.5. The molecule has 0 amide bonds. The van der Waals surface area contributed by atoms with Gasteiger partial charge in [0.15, 0.2) is 6.61 Å². The minimum Gasteiger partial charge on any atom is -0.468 e. The molecular formula is C10H14F3N3O. The van der Waals surface area contributed by atoms with Gasteiger partial charge in [-0.3, -0.25) is 0 Å². The third-order valence-corrected chi connectivity index (χ3v) is 1.93. The Kier molecular flexibility index (Phi) is 4.14. The van der Waals surface area contributed by atoms with Gasteiger partial charge in [0.05, 0.1) is 5.56 Å². The molecule has 1 rings (SSSR count). The number of hydrogen-bond acceptors (Lipinski definition) is 4. The molecular weight excluding hydrogens is 235 g/mol. The Balaban J connectivity index is 2.91. The van der Waals surface area contributed by atoms with Crippen molar-refractivity contribution in [3.63, 3.8) is 0 Å². The summed E-state index contributed by atoms with van der Waals surface area (Å²) in [7, 11) is 0. The van der Waals surface area contributed by atoms with Crippen LogP contribution in [-0.2, 0) is 0 Å². The summed E-state index contributed by atoms with van der Waals surface area (Å²) in [5, 5.41) is 2.94. The van der Waals surface area contributed by atoms with E-state index in [1.807, 2.05) is 6.92 Å². The summed E-state index contributed by atoms with van der Waals surface area (Å²) in [6.07, 6.45) is -4.37. The molecule has 0 fully saturated rings. The second-order valence-electron chi connectivity index (χ2n) is 3.48. The van der Waals surface area contributed by atoms with Crippen molar-refractivity contribution in [3.8, 4) is 5.88 Å². The molecule has 1 aromatic heterocycles. The lowest BCUT2D eigenvalue weighted by atomic mass is 10.3. The van der Waals surface area contributed by atoms with Gasteiger partial charge in [-0.25, -0.2) is 4.98 Å². The third-order valence-electron chi connectivity index (χ3n) is 1.93. The van der Waals surface area contributed by atoms with Crippen LogP contribution in [0.25, 0.3) is 0 Å². The Hall–Kier alpha value is -1.53. The van der Waals surface area contributed by atoms with Crippen molar-refractivity contribution in [2.75, 3.05) is 18.5 Å². The van der Waals surface area contributed by atoms with E-state index in [4.69, 9.17) is 0 Å². The van der Waals surface area contributed by atoms with Crippen molar-refractivity contribution in [2.45, 2.75) is 26.9 Å². The molecule has 96 valence electrons. The van der Waals surface area contributed by atoms with Gasteiger partial charge >= 0.3 is 6.18 Å². The molecule has 0 aliphatic heterocycles. The molecule has 1 aromatic rings. The molecule has 1 N–H and O–H groups in total. The fraction of sp³-hybridized carbons (Fsp3) is 0.600. The molecule has 0 saturated carbocycles. The largest absolute Gasteiger partial charge is 0.468 e. The number of halogens is 3. The Labute approximate surface area is 97.2 Å². The number of ether oxygens (including phenoxy) is 1. The molecule has 0 aromatic carbocycles. The van der Waals surface area contributed by atoms with Gasteiger partial charge < -0.3 is 10.1 Å². The van der Waals surface area contributed by atoms with Gasteiger partial charge in [0.25, 0.3) is 0 Å². The highest BCUT2D eigenvalue weighted by molar-refractivity contribution is 5.48. The van der Waals surface area contributed by atoms with Gasteiger partial charge in [-0.05, 0) is 20.8 Å². The van der Waals surface area contributed by atoms with Gasteiger partial charge in [-0.15, -0.1) is 0 Å². The van der Waals surface area contributed by atoms with Crippen LogP contribution in [0.15, 0.2) is 0 Å². The Morgan fingerprint density at radius 3 is 2.41 bits per heavy atom. The first-order valence-electron chi connectivity index (χ1n) is 5.12. The van der Waals surface area contributed by atoms with Crippen molar-refractivity contribution in [2.24, 2.45) is 0 Å². The molecule has 0 aliphatic rings. The monoisotopic (exact) mass is 249 g/mol. The van der Waals surface area contributed by atoms with E-state index >= 15 is 0 Å². The normalized spacial score (nSPS) is 11.4. The average molecular weight is 249 g/mol. The summed E-state index contributed by atoms with van der Waals surface area (Å²) < 4.78 is 40.8. The third kappa shape index (κ3) is 4.08. The Bertz CT molecular complexity index is 393. The maximum Gasteiger partial charge on any atom is 0.422 e. The van der Waals surface area contributed by atoms with Gasteiger partial charge in [-0.1, -0.05) is 0 Å². The number of alkyl halides is 3. The highest BCUT2D eigenvalue weighted by atomic mass is 19.4. The molecule has 1 heterocycles. The lowest BCUT2D eigenvalue weighted by Crippen LogP contribution is -2.20. The fourth-order valence-corrected chi connectivity index (χ4v) is 1.23. The number of anilines is 1. The Morgan fingerprint density at radius 2 is 1.88 bits per heavy atom. The smallest absolute Gasteiger partial charge is 0.422 e. The van der Waals surface area contributed by atoms with Crippen molar-refractivity contribution in [1.29, 1.82) is 0 Å². The zero-order valence-corrected chi connectivity index (χ0v) is 9.85. The SMILES string of the molecule is CCNc1nc(C)nc(OCC(F)(F)F)c1C. The topological polar surface area (TPSA) is 47.0 Å². The maximum absolute atomic E-state index is 12.0. The summed E-state index contributed by atoms with van der Waals surface area (Å²) in [6.45, 7) is 4.35. The molecule has 0 bridgehead atoms. The summed E-state index contributed by atoms with van der Waals surface area (Å²) in [4.78, 5) is 7.93. The van der Waals surface area contributed by atoms with Gasteiger partial charge in [-0.2, -0.15) is 18.2 Å². The highest BCUT2D eigenvalue weighted by Gasteiger charge is 2.29. The van der Waals surface area contributed by atoms with Crippen LogP contribution in [0, 0.1) is 13.8 Å². The van der Waals surface area contributed by atoms with Gasteiger partial charge in [0.1, 0.15) is 11.6 Å². The molecule has 0 atom stereocenters. The van der Waals surface area contributed by atoms with Gasteiger partial charge in [0, 0.05) is 6.54 Å².